The summed E-state index contributed by atoms with van der Waals surface area (Å²) in [5, 5.41) is 9.53. The Kier molecular flexibility index (Phi) is 6.78. The standard InChI is InChI=1S/C13H24BrN3/c1-4-7-11(8-5-2)13-16-15-12(10-14)17(13)9-6-3/h11H,4-10H2,1-3H3. The maximum absolute atomic E-state index is 4.43. The molecular weight excluding hydrogens is 278 g/mol. The van der Waals surface area contributed by atoms with Gasteiger partial charge in [0.25, 0.3) is 0 Å². The summed E-state index contributed by atoms with van der Waals surface area (Å²) < 4.78 is 2.31. The predicted molar refractivity (Wildman–Crippen MR) is 75.5 cm³/mol. The highest BCUT2D eigenvalue weighted by Gasteiger charge is 2.19. The third-order valence-corrected chi connectivity index (χ3v) is 3.56. The van der Waals surface area contributed by atoms with E-state index in [1.165, 1.54) is 31.5 Å². The van der Waals surface area contributed by atoms with Gasteiger partial charge in [0, 0.05) is 12.5 Å². The molecule has 98 valence electrons. The summed E-state index contributed by atoms with van der Waals surface area (Å²) in [5.41, 5.74) is 0. The number of rotatable bonds is 8. The van der Waals surface area contributed by atoms with Crippen LogP contribution in [0.15, 0.2) is 0 Å². The molecule has 1 heterocycles. The molecule has 0 bridgehead atoms. The third-order valence-electron chi connectivity index (χ3n) is 3.06. The van der Waals surface area contributed by atoms with Crippen molar-refractivity contribution in [3.63, 3.8) is 0 Å². The highest BCUT2D eigenvalue weighted by atomic mass is 79.9. The minimum absolute atomic E-state index is 0.580. The van der Waals surface area contributed by atoms with Gasteiger partial charge in [-0.2, -0.15) is 0 Å². The van der Waals surface area contributed by atoms with Crippen LogP contribution in [0.4, 0.5) is 0 Å². The summed E-state index contributed by atoms with van der Waals surface area (Å²) in [4.78, 5) is 0. The van der Waals surface area contributed by atoms with E-state index in [1.807, 2.05) is 0 Å². The Bertz CT molecular complexity index is 316. The molecule has 0 saturated carbocycles. The molecule has 0 N–H and O–H groups in total. The lowest BCUT2D eigenvalue weighted by Gasteiger charge is -2.16. The first-order chi connectivity index (χ1) is 8.28. The number of nitrogens with zero attached hydrogens (tertiary/aromatic N) is 3. The van der Waals surface area contributed by atoms with Gasteiger partial charge in [-0.15, -0.1) is 10.2 Å². The fourth-order valence-electron chi connectivity index (χ4n) is 2.32. The van der Waals surface area contributed by atoms with Crippen LogP contribution in [0.25, 0.3) is 0 Å². The van der Waals surface area contributed by atoms with E-state index in [9.17, 15) is 0 Å². The van der Waals surface area contributed by atoms with Crippen molar-refractivity contribution in [1.82, 2.24) is 14.8 Å². The van der Waals surface area contributed by atoms with Gasteiger partial charge in [-0.3, -0.25) is 0 Å². The number of halogens is 1. The number of alkyl halides is 1. The molecule has 0 aromatic carbocycles. The largest absolute Gasteiger partial charge is 0.314 e. The molecule has 0 unspecified atom stereocenters. The lowest BCUT2D eigenvalue weighted by Crippen LogP contribution is -2.11. The van der Waals surface area contributed by atoms with Gasteiger partial charge in [-0.1, -0.05) is 49.5 Å². The Morgan fingerprint density at radius 3 is 2.18 bits per heavy atom. The Balaban J connectivity index is 2.95. The van der Waals surface area contributed by atoms with Gasteiger partial charge in [-0.25, -0.2) is 0 Å². The van der Waals surface area contributed by atoms with Gasteiger partial charge in [0.1, 0.15) is 11.6 Å². The van der Waals surface area contributed by atoms with E-state index in [-0.39, 0.29) is 0 Å². The average molecular weight is 302 g/mol. The minimum Gasteiger partial charge on any atom is -0.314 e. The molecule has 1 rings (SSSR count). The number of hydrogen-bond acceptors (Lipinski definition) is 2. The average Bonchev–Trinajstić information content (AvgIpc) is 2.72. The van der Waals surface area contributed by atoms with Crippen LogP contribution in [0.5, 0.6) is 0 Å². The Morgan fingerprint density at radius 2 is 1.71 bits per heavy atom. The van der Waals surface area contributed by atoms with Crippen LogP contribution >= 0.6 is 15.9 Å². The summed E-state index contributed by atoms with van der Waals surface area (Å²) in [6.45, 7) is 7.73. The second-order valence-electron chi connectivity index (χ2n) is 4.53. The van der Waals surface area contributed by atoms with Crippen LogP contribution in [-0.2, 0) is 11.9 Å². The van der Waals surface area contributed by atoms with Crippen molar-refractivity contribution < 1.29 is 0 Å². The second kappa shape index (κ2) is 7.85. The van der Waals surface area contributed by atoms with Gasteiger partial charge < -0.3 is 4.57 Å². The zero-order chi connectivity index (χ0) is 12.7. The van der Waals surface area contributed by atoms with Crippen LogP contribution in [0.2, 0.25) is 0 Å². The Hall–Kier alpha value is -0.380. The molecule has 1 aromatic rings. The fourth-order valence-corrected chi connectivity index (χ4v) is 2.73. The highest BCUT2D eigenvalue weighted by Crippen LogP contribution is 2.26. The lowest BCUT2D eigenvalue weighted by molar-refractivity contribution is 0.495. The monoisotopic (exact) mass is 301 g/mol. The summed E-state index contributed by atoms with van der Waals surface area (Å²) in [6.07, 6.45) is 6.01. The summed E-state index contributed by atoms with van der Waals surface area (Å²) in [5.74, 6) is 2.85. The molecule has 0 radical (unpaired) electrons. The van der Waals surface area contributed by atoms with Gasteiger partial charge in [-0.05, 0) is 19.3 Å². The normalized spacial score (nSPS) is 11.4. The maximum atomic E-state index is 4.43. The van der Waals surface area contributed by atoms with Crippen molar-refractivity contribution in [2.75, 3.05) is 0 Å². The molecule has 0 atom stereocenters. The molecule has 0 saturated heterocycles. The second-order valence-corrected chi connectivity index (χ2v) is 5.09. The molecule has 0 amide bonds. The van der Waals surface area contributed by atoms with E-state index in [2.05, 4.69) is 51.5 Å². The zero-order valence-corrected chi connectivity index (χ0v) is 12.8. The molecule has 17 heavy (non-hydrogen) atoms. The van der Waals surface area contributed by atoms with Gasteiger partial charge in [0.2, 0.25) is 0 Å². The van der Waals surface area contributed by atoms with E-state index in [0.29, 0.717) is 5.92 Å². The van der Waals surface area contributed by atoms with Crippen molar-refractivity contribution >= 4 is 15.9 Å². The van der Waals surface area contributed by atoms with Crippen LogP contribution in [0.1, 0.15) is 70.4 Å². The molecule has 0 fully saturated rings. The van der Waals surface area contributed by atoms with E-state index in [0.717, 1.165) is 24.1 Å². The van der Waals surface area contributed by atoms with E-state index < -0.39 is 0 Å². The molecule has 0 spiro atoms. The smallest absolute Gasteiger partial charge is 0.143 e. The summed E-state index contributed by atoms with van der Waals surface area (Å²) in [7, 11) is 0. The quantitative estimate of drug-likeness (QED) is 0.671. The predicted octanol–water partition coefficient (Wildman–Crippen LogP) is 4.27. The van der Waals surface area contributed by atoms with Crippen molar-refractivity contribution in [1.29, 1.82) is 0 Å². The van der Waals surface area contributed by atoms with Crippen molar-refractivity contribution in [3.8, 4) is 0 Å². The van der Waals surface area contributed by atoms with E-state index in [1.54, 1.807) is 0 Å². The van der Waals surface area contributed by atoms with Crippen LogP contribution in [-0.4, -0.2) is 14.8 Å². The first kappa shape index (κ1) is 14.7. The van der Waals surface area contributed by atoms with Crippen molar-refractivity contribution in [2.24, 2.45) is 0 Å². The Labute approximate surface area is 113 Å². The van der Waals surface area contributed by atoms with Gasteiger partial charge >= 0.3 is 0 Å². The van der Waals surface area contributed by atoms with Crippen molar-refractivity contribution in [2.45, 2.75) is 70.7 Å². The third kappa shape index (κ3) is 3.80. The van der Waals surface area contributed by atoms with Gasteiger partial charge in [0.05, 0.1) is 5.33 Å². The maximum Gasteiger partial charge on any atom is 0.143 e. The summed E-state index contributed by atoms with van der Waals surface area (Å²) >= 11 is 3.50. The minimum atomic E-state index is 0.580. The van der Waals surface area contributed by atoms with Crippen molar-refractivity contribution in [3.05, 3.63) is 11.6 Å². The summed E-state index contributed by atoms with van der Waals surface area (Å²) in [6, 6.07) is 0. The molecule has 0 aliphatic carbocycles. The molecule has 0 aliphatic rings. The topological polar surface area (TPSA) is 30.7 Å². The number of hydrogen-bond donors (Lipinski definition) is 0. The fraction of sp³-hybridized carbons (Fsp3) is 0.846. The number of aromatic nitrogens is 3. The SMILES string of the molecule is CCCC(CCC)c1nnc(CBr)n1CCC. The first-order valence-corrected chi connectivity index (χ1v) is 7.88. The molecule has 1 aromatic heterocycles. The van der Waals surface area contributed by atoms with Gasteiger partial charge in [0.15, 0.2) is 0 Å². The highest BCUT2D eigenvalue weighted by molar-refractivity contribution is 9.08. The molecule has 3 nitrogen and oxygen atoms in total. The molecule has 4 heteroatoms. The van der Waals surface area contributed by atoms with E-state index in [4.69, 9.17) is 0 Å². The zero-order valence-electron chi connectivity index (χ0n) is 11.2. The van der Waals surface area contributed by atoms with Crippen LogP contribution < -0.4 is 0 Å². The Morgan fingerprint density at radius 1 is 1.06 bits per heavy atom. The van der Waals surface area contributed by atoms with Crippen LogP contribution in [0.3, 0.4) is 0 Å². The lowest BCUT2D eigenvalue weighted by atomic mass is 9.97. The first-order valence-electron chi connectivity index (χ1n) is 6.76. The molecular formula is C13H24BrN3. The van der Waals surface area contributed by atoms with E-state index >= 15 is 0 Å². The van der Waals surface area contributed by atoms with Crippen LogP contribution in [0, 0.1) is 0 Å². The molecule has 0 aliphatic heterocycles.